The van der Waals surface area contributed by atoms with Crippen molar-refractivity contribution in [3.05, 3.63) is 0 Å². The van der Waals surface area contributed by atoms with Crippen LogP contribution >= 0.6 is 0 Å². The Morgan fingerprint density at radius 2 is 0.500 bits per heavy atom. The molecule has 0 aromatic heterocycles. The van der Waals surface area contributed by atoms with Crippen LogP contribution in [0.15, 0.2) is 0 Å². The maximum absolute atomic E-state index is 0. The summed E-state index contributed by atoms with van der Waals surface area (Å²) in [6, 6.07) is 0. The van der Waals surface area contributed by atoms with Gasteiger partial charge in [0.15, 0.2) is 0 Å². The molecule has 0 radical (unpaired) electrons. The van der Waals surface area contributed by atoms with E-state index in [4.69, 9.17) is 0 Å². The molecule has 0 atom stereocenters. The average molecular weight is 390 g/mol. The Bertz CT molecular complexity index is 7.51. The molecule has 0 aliphatic carbocycles. The Hall–Kier alpha value is 4.08. The van der Waals surface area contributed by atoms with E-state index in [1.807, 2.05) is 0 Å². The van der Waals surface area contributed by atoms with E-state index < -0.39 is 0 Å². The van der Waals surface area contributed by atoms with Crippen LogP contribution in [0, 0.1) is 0 Å². The molecule has 0 unspecified atom stereocenters. The van der Waals surface area contributed by atoms with Gasteiger partial charge in [0.25, 0.3) is 0 Å². The van der Waals surface area contributed by atoms with Crippen molar-refractivity contribution in [2.24, 2.45) is 0 Å². The molecule has 0 aliphatic heterocycles. The van der Waals surface area contributed by atoms with Crippen LogP contribution in [0.25, 0.3) is 0 Å². The van der Waals surface area contributed by atoms with E-state index in [1.165, 1.54) is 0 Å². The number of rotatable bonds is 0. The van der Waals surface area contributed by atoms with Crippen molar-refractivity contribution < 1.29 is 119 Å². The molecule has 0 aromatic rings. The molecule has 6 heteroatoms. The predicted octanol–water partition coefficient (Wildman–Crippen LogP) is -15.4. The van der Waals surface area contributed by atoms with Crippen LogP contribution in [0.5, 0.6) is 0 Å². The van der Waals surface area contributed by atoms with Gasteiger partial charge in [-0.3, -0.25) is 0 Å². The van der Waals surface area contributed by atoms with Crippen LogP contribution in [-0.2, 0) is 0 Å². The fraction of sp³-hybridized carbons (Fsp3) is 0. The van der Waals surface area contributed by atoms with Crippen molar-refractivity contribution in [3.63, 3.8) is 0 Å². The monoisotopic (exact) mass is 388 g/mol. The third-order valence-electron chi connectivity index (χ3n) is 0. The van der Waals surface area contributed by atoms with Gasteiger partial charge < -0.3 is 49.6 Å². The first kappa shape index (κ1) is 49.9. The van der Waals surface area contributed by atoms with Crippen LogP contribution < -0.4 is 119 Å². The van der Waals surface area contributed by atoms with Gasteiger partial charge in [-0.05, 0) is 0 Å². The van der Waals surface area contributed by atoms with Crippen molar-refractivity contribution in [2.75, 3.05) is 0 Å². The second kappa shape index (κ2) is 35.6. The van der Waals surface area contributed by atoms with Gasteiger partial charge >= 0.3 is 94.7 Å². The molecule has 0 saturated carbocycles. The second-order valence-corrected chi connectivity index (χ2v) is 0. The van der Waals surface area contributed by atoms with Gasteiger partial charge in [0.2, 0.25) is 0 Å². The summed E-state index contributed by atoms with van der Waals surface area (Å²) in [5.74, 6) is 0. The third-order valence-corrected chi connectivity index (χ3v) is 0. The minimum Gasteiger partial charge on any atom is -1.00 e. The summed E-state index contributed by atoms with van der Waals surface area (Å²) in [4.78, 5) is 0. The Balaban J connectivity index is 0. The van der Waals surface area contributed by atoms with Crippen molar-refractivity contribution in [1.82, 2.24) is 0 Å². The van der Waals surface area contributed by atoms with Gasteiger partial charge in [-0.15, -0.1) is 0 Å². The van der Waals surface area contributed by atoms with Gasteiger partial charge in [0.05, 0.1) is 0 Å². The van der Waals surface area contributed by atoms with Crippen LogP contribution in [-0.4, -0.2) is 25.8 Å². The molecular formula is Cl4CsIn. The van der Waals surface area contributed by atoms with Crippen LogP contribution in [0.1, 0.15) is 0 Å². The van der Waals surface area contributed by atoms with Crippen LogP contribution in [0.2, 0.25) is 0 Å². The normalized spacial score (nSPS) is 0. The van der Waals surface area contributed by atoms with Gasteiger partial charge in [-0.25, -0.2) is 0 Å². The first-order valence-corrected chi connectivity index (χ1v) is 0. The third kappa shape index (κ3) is 24.3. The zero-order valence-corrected chi connectivity index (χ0v) is 15.7. The largest absolute Gasteiger partial charge is 3.00 e. The van der Waals surface area contributed by atoms with E-state index >= 15 is 0 Å². The molecule has 32 valence electrons. The molecule has 0 heterocycles. The zero-order valence-electron chi connectivity index (χ0n) is 3.09. The van der Waals surface area contributed by atoms with Gasteiger partial charge in [0, 0.05) is 0 Å². The first-order chi connectivity index (χ1) is 0. The van der Waals surface area contributed by atoms with Crippen molar-refractivity contribution in [3.8, 4) is 0 Å². The van der Waals surface area contributed by atoms with Crippen LogP contribution in [0.3, 0.4) is 0 Å². The van der Waals surface area contributed by atoms with E-state index in [2.05, 4.69) is 0 Å². The SMILES string of the molecule is [Cl-].[Cl-].[Cl-].[Cl-].[Cs+].[In+3]. The maximum Gasteiger partial charge on any atom is 3.00 e. The molecule has 0 amide bonds. The summed E-state index contributed by atoms with van der Waals surface area (Å²) in [6.07, 6.45) is 0. The van der Waals surface area contributed by atoms with E-state index in [1.54, 1.807) is 0 Å². The van der Waals surface area contributed by atoms with E-state index in [0.717, 1.165) is 0 Å². The average Bonchev–Trinajstić information content (AvgIpc) is 0. The van der Waals surface area contributed by atoms with E-state index in [0.29, 0.717) is 0 Å². The molecule has 0 spiro atoms. The Kier molecular flexibility index (Phi) is 296. The summed E-state index contributed by atoms with van der Waals surface area (Å²) in [7, 11) is 0. The maximum atomic E-state index is 0. The first-order valence-electron chi connectivity index (χ1n) is 0. The Morgan fingerprint density at radius 3 is 0.500 bits per heavy atom. The Labute approximate surface area is 140 Å². The molecule has 0 rings (SSSR count). The number of hydrogen-bond acceptors (Lipinski definition) is 0. The summed E-state index contributed by atoms with van der Waals surface area (Å²) in [5.41, 5.74) is 0. The van der Waals surface area contributed by atoms with Gasteiger partial charge in [-0.1, -0.05) is 0 Å². The predicted molar refractivity (Wildman–Crippen MR) is 5.75 cm³/mol. The number of hydrogen-bond donors (Lipinski definition) is 0. The van der Waals surface area contributed by atoms with E-state index in [9.17, 15) is 0 Å². The van der Waals surface area contributed by atoms with Crippen LogP contribution in [0.4, 0.5) is 0 Å². The van der Waals surface area contributed by atoms with Crippen molar-refractivity contribution in [1.29, 1.82) is 0 Å². The Morgan fingerprint density at radius 1 is 0.500 bits per heavy atom. The molecule has 0 aromatic carbocycles. The van der Waals surface area contributed by atoms with Gasteiger partial charge in [0.1, 0.15) is 0 Å². The number of halogens is 4. The molecule has 0 fully saturated rings. The fourth-order valence-electron chi connectivity index (χ4n) is 0. The fourth-order valence-corrected chi connectivity index (χ4v) is 0. The molecular weight excluding hydrogens is 390 g/mol. The van der Waals surface area contributed by atoms with E-state index in [-0.39, 0.29) is 144 Å². The molecule has 0 saturated heterocycles. The molecule has 0 N–H and O–H groups in total. The minimum absolute atomic E-state index is 0. The topological polar surface area (TPSA) is 0 Å². The quantitative estimate of drug-likeness (QED) is 0.386. The minimum atomic E-state index is 0. The zero-order chi connectivity index (χ0) is 0. The second-order valence-electron chi connectivity index (χ2n) is 0. The van der Waals surface area contributed by atoms with Gasteiger partial charge in [-0.2, -0.15) is 0 Å². The molecule has 0 nitrogen and oxygen atoms in total. The summed E-state index contributed by atoms with van der Waals surface area (Å²) >= 11 is 0. The summed E-state index contributed by atoms with van der Waals surface area (Å²) in [5, 5.41) is 0. The van der Waals surface area contributed by atoms with Crippen molar-refractivity contribution in [2.45, 2.75) is 0 Å². The standard InChI is InChI=1S/4ClH.Cs.In/h4*1H;;/q;;;;+1;+3/p-4. The smallest absolute Gasteiger partial charge is 1.00 e. The molecule has 0 bridgehead atoms. The molecule has 0 aliphatic rings. The van der Waals surface area contributed by atoms with Crippen molar-refractivity contribution >= 4 is 25.8 Å². The summed E-state index contributed by atoms with van der Waals surface area (Å²) in [6.45, 7) is 0. The summed E-state index contributed by atoms with van der Waals surface area (Å²) < 4.78 is 0. The molecule has 6 heavy (non-hydrogen) atoms.